The smallest absolute Gasteiger partial charge is 0.269 e. The topological polar surface area (TPSA) is 32.3 Å². The average Bonchev–Trinajstić information content (AvgIpc) is 2.24. The molecule has 1 heterocycles. The first-order valence-electron chi connectivity index (χ1n) is 4.99. The average molecular weight is 196 g/mol. The van der Waals surface area contributed by atoms with Gasteiger partial charge in [0, 0.05) is 20.6 Å². The molecule has 0 aromatic rings. The quantitative estimate of drug-likeness (QED) is 0.726. The lowest BCUT2D eigenvalue weighted by molar-refractivity contribution is -0.126. The predicted octanol–water partition coefficient (Wildman–Crippen LogP) is 1.53. The van der Waals surface area contributed by atoms with Gasteiger partial charge in [0.05, 0.1) is 0 Å². The summed E-state index contributed by atoms with van der Waals surface area (Å²) in [5.74, 6) is 0.0543. The first-order chi connectivity index (χ1) is 6.70. The van der Waals surface area contributed by atoms with Gasteiger partial charge in [0.15, 0.2) is 0 Å². The standard InChI is InChI=1S/C9H14N2O.C2H6/c1-4-7-5-6-11(3)9(12)8(7)10-2;1-2/h4,10H,1,5-6H2,2-3H3;1-2H3. The fourth-order valence-electron chi connectivity index (χ4n) is 1.31. The highest BCUT2D eigenvalue weighted by Crippen LogP contribution is 2.16. The Kier molecular flexibility index (Phi) is 5.68. The van der Waals surface area contributed by atoms with Gasteiger partial charge in [-0.15, -0.1) is 0 Å². The second-order valence-electron chi connectivity index (χ2n) is 2.83. The summed E-state index contributed by atoms with van der Waals surface area (Å²) < 4.78 is 0. The molecule has 0 bridgehead atoms. The van der Waals surface area contributed by atoms with Crippen molar-refractivity contribution in [2.75, 3.05) is 20.6 Å². The van der Waals surface area contributed by atoms with E-state index in [0.29, 0.717) is 5.70 Å². The monoisotopic (exact) mass is 196 g/mol. The molecule has 0 aromatic heterocycles. The highest BCUT2D eigenvalue weighted by Gasteiger charge is 2.21. The van der Waals surface area contributed by atoms with Crippen molar-refractivity contribution in [3.05, 3.63) is 23.9 Å². The SMILES string of the molecule is C=CC1=C(NC)C(=O)N(C)CC1.CC. The molecule has 80 valence electrons. The van der Waals surface area contributed by atoms with Gasteiger partial charge in [-0.3, -0.25) is 4.79 Å². The molecule has 0 aromatic carbocycles. The van der Waals surface area contributed by atoms with E-state index in [1.807, 2.05) is 13.8 Å². The van der Waals surface area contributed by atoms with Gasteiger partial charge in [0.25, 0.3) is 5.91 Å². The second kappa shape index (κ2) is 6.24. The molecule has 3 heteroatoms. The first kappa shape index (κ1) is 12.8. The van der Waals surface area contributed by atoms with Crippen LogP contribution in [0.1, 0.15) is 20.3 Å². The zero-order valence-corrected chi connectivity index (χ0v) is 9.55. The normalized spacial score (nSPS) is 16.0. The van der Waals surface area contributed by atoms with Crippen molar-refractivity contribution in [2.45, 2.75) is 20.3 Å². The lowest BCUT2D eigenvalue weighted by Crippen LogP contribution is -2.37. The maximum absolute atomic E-state index is 11.5. The van der Waals surface area contributed by atoms with Gasteiger partial charge in [-0.1, -0.05) is 26.5 Å². The van der Waals surface area contributed by atoms with E-state index >= 15 is 0 Å². The Bertz CT molecular complexity index is 244. The largest absolute Gasteiger partial charge is 0.383 e. The van der Waals surface area contributed by atoms with Crippen LogP contribution in [0.15, 0.2) is 23.9 Å². The minimum atomic E-state index is 0.0543. The van der Waals surface area contributed by atoms with E-state index in [9.17, 15) is 4.79 Å². The van der Waals surface area contributed by atoms with Gasteiger partial charge in [-0.05, 0) is 12.0 Å². The molecule has 3 nitrogen and oxygen atoms in total. The van der Waals surface area contributed by atoms with Crippen LogP contribution in [0.2, 0.25) is 0 Å². The molecule has 0 spiro atoms. The number of hydrogen-bond acceptors (Lipinski definition) is 2. The maximum atomic E-state index is 11.5. The van der Waals surface area contributed by atoms with E-state index in [4.69, 9.17) is 0 Å². The Balaban J connectivity index is 0.000000791. The Morgan fingerprint density at radius 3 is 2.50 bits per heavy atom. The number of nitrogens with zero attached hydrogens (tertiary/aromatic N) is 1. The Labute approximate surface area is 86.5 Å². The lowest BCUT2D eigenvalue weighted by atomic mass is 10.1. The summed E-state index contributed by atoms with van der Waals surface area (Å²) in [4.78, 5) is 13.2. The lowest BCUT2D eigenvalue weighted by Gasteiger charge is -2.25. The van der Waals surface area contributed by atoms with Gasteiger partial charge < -0.3 is 10.2 Å². The van der Waals surface area contributed by atoms with E-state index in [2.05, 4.69) is 11.9 Å². The van der Waals surface area contributed by atoms with Gasteiger partial charge in [-0.2, -0.15) is 0 Å². The number of carbonyl (C=O) groups excluding carboxylic acids is 1. The van der Waals surface area contributed by atoms with Gasteiger partial charge in [0.2, 0.25) is 0 Å². The fraction of sp³-hybridized carbons (Fsp3) is 0.545. The van der Waals surface area contributed by atoms with Crippen molar-refractivity contribution in [1.29, 1.82) is 0 Å². The van der Waals surface area contributed by atoms with Crippen molar-refractivity contribution >= 4 is 5.91 Å². The van der Waals surface area contributed by atoms with Crippen molar-refractivity contribution in [1.82, 2.24) is 10.2 Å². The number of rotatable bonds is 2. The van der Waals surface area contributed by atoms with Crippen LogP contribution >= 0.6 is 0 Å². The molecule has 1 aliphatic rings. The van der Waals surface area contributed by atoms with E-state index < -0.39 is 0 Å². The zero-order valence-electron chi connectivity index (χ0n) is 9.55. The van der Waals surface area contributed by atoms with Gasteiger partial charge in [0.1, 0.15) is 5.70 Å². The molecular weight excluding hydrogens is 176 g/mol. The van der Waals surface area contributed by atoms with Gasteiger partial charge in [-0.25, -0.2) is 0 Å². The molecule has 14 heavy (non-hydrogen) atoms. The summed E-state index contributed by atoms with van der Waals surface area (Å²) in [6.45, 7) is 8.46. The Hall–Kier alpha value is -1.25. The highest BCUT2D eigenvalue weighted by atomic mass is 16.2. The number of hydrogen-bond donors (Lipinski definition) is 1. The number of nitrogens with one attached hydrogen (secondary N) is 1. The molecule has 0 fully saturated rings. The molecule has 0 atom stereocenters. The number of carbonyl (C=O) groups is 1. The molecule has 0 saturated heterocycles. The fourth-order valence-corrected chi connectivity index (χ4v) is 1.31. The Morgan fingerprint density at radius 2 is 2.07 bits per heavy atom. The molecular formula is C11H20N2O. The first-order valence-corrected chi connectivity index (χ1v) is 4.99. The minimum absolute atomic E-state index is 0.0543. The summed E-state index contributed by atoms with van der Waals surface area (Å²) in [6.07, 6.45) is 2.64. The second-order valence-corrected chi connectivity index (χ2v) is 2.83. The van der Waals surface area contributed by atoms with Crippen molar-refractivity contribution in [3.63, 3.8) is 0 Å². The molecule has 0 aliphatic carbocycles. The van der Waals surface area contributed by atoms with Crippen molar-refractivity contribution in [2.24, 2.45) is 0 Å². The molecule has 0 radical (unpaired) electrons. The molecule has 1 aliphatic heterocycles. The minimum Gasteiger partial charge on any atom is -0.383 e. The summed E-state index contributed by atoms with van der Waals surface area (Å²) in [6, 6.07) is 0. The van der Waals surface area contributed by atoms with Crippen LogP contribution in [0.5, 0.6) is 0 Å². The molecule has 1 N–H and O–H groups in total. The van der Waals surface area contributed by atoms with E-state index in [0.717, 1.165) is 18.5 Å². The van der Waals surface area contributed by atoms with E-state index in [1.54, 1.807) is 25.1 Å². The van der Waals surface area contributed by atoms with Gasteiger partial charge >= 0.3 is 0 Å². The predicted molar refractivity (Wildman–Crippen MR) is 59.9 cm³/mol. The molecule has 1 amide bonds. The van der Waals surface area contributed by atoms with Crippen LogP contribution < -0.4 is 5.32 Å². The summed E-state index contributed by atoms with van der Waals surface area (Å²) in [5.41, 5.74) is 1.69. The van der Waals surface area contributed by atoms with E-state index in [-0.39, 0.29) is 5.91 Å². The summed E-state index contributed by atoms with van der Waals surface area (Å²) in [5, 5.41) is 2.90. The van der Waals surface area contributed by atoms with E-state index in [1.165, 1.54) is 0 Å². The van der Waals surface area contributed by atoms with Crippen LogP contribution in [-0.4, -0.2) is 31.4 Å². The zero-order chi connectivity index (χ0) is 11.1. The van der Waals surface area contributed by atoms with Crippen molar-refractivity contribution in [3.8, 4) is 0 Å². The Morgan fingerprint density at radius 1 is 1.50 bits per heavy atom. The molecule has 1 rings (SSSR count). The molecule has 0 saturated carbocycles. The third-order valence-corrected chi connectivity index (χ3v) is 2.09. The van der Waals surface area contributed by atoms with Crippen LogP contribution in [0.4, 0.5) is 0 Å². The maximum Gasteiger partial charge on any atom is 0.269 e. The van der Waals surface area contributed by atoms with Crippen molar-refractivity contribution < 1.29 is 4.79 Å². The third-order valence-electron chi connectivity index (χ3n) is 2.09. The summed E-state index contributed by atoms with van der Waals surface area (Å²) in [7, 11) is 3.56. The van der Waals surface area contributed by atoms with Crippen LogP contribution in [0, 0.1) is 0 Å². The number of amides is 1. The highest BCUT2D eigenvalue weighted by molar-refractivity contribution is 5.94. The molecule has 0 unspecified atom stereocenters. The third kappa shape index (κ3) is 2.62. The van der Waals surface area contributed by atoms with Crippen LogP contribution in [0.3, 0.4) is 0 Å². The van der Waals surface area contributed by atoms with Crippen LogP contribution in [0.25, 0.3) is 0 Å². The summed E-state index contributed by atoms with van der Waals surface area (Å²) >= 11 is 0. The number of allylic oxidation sites excluding steroid dienone is 1. The van der Waals surface area contributed by atoms with Crippen LogP contribution in [-0.2, 0) is 4.79 Å². The number of likely N-dealkylation sites (N-methyl/N-ethyl adjacent to an activating group) is 2.